The first kappa shape index (κ1) is 17.7. The van der Waals surface area contributed by atoms with Gasteiger partial charge in [-0.15, -0.1) is 0 Å². The van der Waals surface area contributed by atoms with E-state index in [1.807, 2.05) is 30.3 Å². The fourth-order valence-electron chi connectivity index (χ4n) is 2.38. The van der Waals surface area contributed by atoms with E-state index in [0.29, 0.717) is 19.6 Å². The Morgan fingerprint density at radius 3 is 2.50 bits per heavy atom. The van der Waals surface area contributed by atoms with E-state index in [2.05, 4.69) is 10.6 Å². The highest BCUT2D eigenvalue weighted by Gasteiger charge is 2.03. The van der Waals surface area contributed by atoms with E-state index in [1.165, 1.54) is 6.07 Å². The second kappa shape index (κ2) is 9.52. The molecule has 0 aliphatic rings. The molecule has 1 heterocycles. The molecule has 2 rings (SSSR count). The lowest BCUT2D eigenvalue weighted by atomic mass is 10.1. The van der Waals surface area contributed by atoms with E-state index in [1.54, 1.807) is 16.8 Å². The van der Waals surface area contributed by atoms with E-state index in [0.717, 1.165) is 24.0 Å². The number of carbonyl (C=O) groups excluding carboxylic acids is 1. The molecular weight excluding hydrogens is 306 g/mol. The van der Waals surface area contributed by atoms with Crippen LogP contribution in [0.5, 0.6) is 0 Å². The zero-order valence-corrected chi connectivity index (χ0v) is 13.6. The Bertz CT molecular complexity index is 712. The van der Waals surface area contributed by atoms with Gasteiger partial charge in [0, 0.05) is 31.9 Å². The van der Waals surface area contributed by atoms with Crippen molar-refractivity contribution in [2.45, 2.75) is 32.5 Å². The Kier molecular flexibility index (Phi) is 7.04. The van der Waals surface area contributed by atoms with E-state index in [9.17, 15) is 14.7 Å². The van der Waals surface area contributed by atoms with Crippen molar-refractivity contribution in [1.82, 2.24) is 15.2 Å². The molecule has 24 heavy (non-hydrogen) atoms. The number of pyridine rings is 1. The van der Waals surface area contributed by atoms with Crippen molar-refractivity contribution < 1.29 is 9.90 Å². The molecule has 0 bridgehead atoms. The first-order chi connectivity index (χ1) is 11.7. The molecule has 0 unspecified atom stereocenters. The largest absolute Gasteiger partial charge is 0.392 e. The van der Waals surface area contributed by atoms with Gasteiger partial charge in [0.05, 0.1) is 6.61 Å². The molecule has 0 atom stereocenters. The van der Waals surface area contributed by atoms with Crippen molar-refractivity contribution in [1.29, 1.82) is 0 Å². The number of aliphatic hydroxyl groups is 1. The fraction of sp³-hybridized carbons (Fsp3) is 0.333. The Labute approximate surface area is 141 Å². The van der Waals surface area contributed by atoms with Crippen molar-refractivity contribution >= 4 is 6.03 Å². The zero-order valence-electron chi connectivity index (χ0n) is 13.6. The summed E-state index contributed by atoms with van der Waals surface area (Å²) in [7, 11) is 0. The maximum absolute atomic E-state index is 11.8. The van der Waals surface area contributed by atoms with Crippen molar-refractivity contribution in [2.75, 3.05) is 6.54 Å². The summed E-state index contributed by atoms with van der Waals surface area (Å²) in [5.74, 6) is 0. The maximum atomic E-state index is 11.8. The Morgan fingerprint density at radius 1 is 1.00 bits per heavy atom. The molecule has 1 aromatic carbocycles. The van der Waals surface area contributed by atoms with Crippen LogP contribution in [0.3, 0.4) is 0 Å². The first-order valence-electron chi connectivity index (χ1n) is 8.05. The highest BCUT2D eigenvalue weighted by Crippen LogP contribution is 2.07. The van der Waals surface area contributed by atoms with Crippen molar-refractivity contribution in [3.05, 3.63) is 70.1 Å². The lowest BCUT2D eigenvalue weighted by Crippen LogP contribution is -2.35. The van der Waals surface area contributed by atoms with Crippen LogP contribution in [0.4, 0.5) is 4.79 Å². The summed E-state index contributed by atoms with van der Waals surface area (Å²) in [5, 5.41) is 14.8. The number of carbonyl (C=O) groups is 1. The van der Waals surface area contributed by atoms with Gasteiger partial charge in [0.2, 0.25) is 5.56 Å². The van der Waals surface area contributed by atoms with Gasteiger partial charge in [0.15, 0.2) is 0 Å². The number of aliphatic hydroxyl groups excluding tert-OH is 1. The summed E-state index contributed by atoms with van der Waals surface area (Å²) in [6, 6.07) is 12.3. The predicted molar refractivity (Wildman–Crippen MR) is 92.5 cm³/mol. The molecular formula is C18H23N3O3. The summed E-state index contributed by atoms with van der Waals surface area (Å²) < 4.78 is 1.66. The fourth-order valence-corrected chi connectivity index (χ4v) is 2.38. The molecule has 0 saturated carbocycles. The second-order valence-electron chi connectivity index (χ2n) is 5.48. The monoisotopic (exact) mass is 329 g/mol. The van der Waals surface area contributed by atoms with Gasteiger partial charge in [-0.1, -0.05) is 30.3 Å². The number of hydrogen-bond acceptors (Lipinski definition) is 3. The molecule has 6 nitrogen and oxygen atoms in total. The average Bonchev–Trinajstić information content (AvgIpc) is 2.61. The summed E-state index contributed by atoms with van der Waals surface area (Å²) >= 11 is 0. The van der Waals surface area contributed by atoms with Crippen LogP contribution in [0.1, 0.15) is 24.0 Å². The van der Waals surface area contributed by atoms with Gasteiger partial charge in [-0.25, -0.2) is 4.79 Å². The molecule has 0 fully saturated rings. The summed E-state index contributed by atoms with van der Waals surface area (Å²) in [6.07, 6.45) is 3.38. The van der Waals surface area contributed by atoms with Crippen molar-refractivity contribution in [2.24, 2.45) is 0 Å². The predicted octanol–water partition coefficient (Wildman–Crippen LogP) is 1.62. The number of nitrogens with zero attached hydrogens (tertiary/aromatic N) is 1. The van der Waals surface area contributed by atoms with Gasteiger partial charge in [-0.2, -0.15) is 0 Å². The molecule has 2 aromatic rings. The lowest BCUT2D eigenvalue weighted by molar-refractivity contribution is 0.240. The minimum absolute atomic E-state index is 0.00856. The number of hydrogen-bond donors (Lipinski definition) is 3. The number of rotatable bonds is 8. The van der Waals surface area contributed by atoms with Gasteiger partial charge in [-0.05, 0) is 30.0 Å². The standard InChI is InChI=1S/C18H23N3O3/c22-14-16-8-2-1-7-15(16)13-20-18(24)19-10-4-6-12-21-11-5-3-9-17(21)23/h1-3,5,7-9,11,22H,4,6,10,12-14H2,(H2,19,20,24). The van der Waals surface area contributed by atoms with Gasteiger partial charge >= 0.3 is 6.03 Å². The molecule has 0 saturated heterocycles. The molecule has 0 aliphatic carbocycles. The van der Waals surface area contributed by atoms with Crippen molar-refractivity contribution in [3.8, 4) is 0 Å². The van der Waals surface area contributed by atoms with Crippen LogP contribution in [-0.2, 0) is 19.7 Å². The number of unbranched alkanes of at least 4 members (excludes halogenated alkanes) is 1. The minimum atomic E-state index is -0.236. The van der Waals surface area contributed by atoms with Gasteiger partial charge < -0.3 is 20.3 Å². The van der Waals surface area contributed by atoms with E-state index in [-0.39, 0.29) is 18.2 Å². The Morgan fingerprint density at radius 2 is 1.75 bits per heavy atom. The number of aromatic nitrogens is 1. The van der Waals surface area contributed by atoms with E-state index in [4.69, 9.17) is 0 Å². The molecule has 3 N–H and O–H groups in total. The average molecular weight is 329 g/mol. The van der Waals surface area contributed by atoms with Crippen LogP contribution in [-0.4, -0.2) is 22.2 Å². The second-order valence-corrected chi connectivity index (χ2v) is 5.48. The van der Waals surface area contributed by atoms with Gasteiger partial charge in [0.25, 0.3) is 0 Å². The summed E-state index contributed by atoms with van der Waals surface area (Å²) in [4.78, 5) is 23.3. The van der Waals surface area contributed by atoms with Gasteiger partial charge in [0.1, 0.15) is 0 Å². The van der Waals surface area contributed by atoms with Crippen molar-refractivity contribution in [3.63, 3.8) is 0 Å². The topological polar surface area (TPSA) is 83.4 Å². The summed E-state index contributed by atoms with van der Waals surface area (Å²) in [5.41, 5.74) is 1.70. The normalized spacial score (nSPS) is 10.4. The Balaban J connectivity index is 1.63. The maximum Gasteiger partial charge on any atom is 0.315 e. The molecule has 0 radical (unpaired) electrons. The number of nitrogens with one attached hydrogen (secondary N) is 2. The minimum Gasteiger partial charge on any atom is -0.392 e. The number of benzene rings is 1. The number of urea groups is 1. The third-order valence-electron chi connectivity index (χ3n) is 3.74. The van der Waals surface area contributed by atoms with Crippen LogP contribution in [0.15, 0.2) is 53.5 Å². The zero-order chi connectivity index (χ0) is 17.2. The smallest absolute Gasteiger partial charge is 0.315 e. The third kappa shape index (κ3) is 5.55. The highest BCUT2D eigenvalue weighted by molar-refractivity contribution is 5.73. The third-order valence-corrected chi connectivity index (χ3v) is 3.74. The first-order valence-corrected chi connectivity index (χ1v) is 8.05. The molecule has 128 valence electrons. The van der Waals surface area contributed by atoms with Gasteiger partial charge in [-0.3, -0.25) is 4.79 Å². The summed E-state index contributed by atoms with van der Waals surface area (Å²) in [6.45, 7) is 1.53. The quantitative estimate of drug-likeness (QED) is 0.644. The van der Waals surface area contributed by atoms with Crippen LogP contribution >= 0.6 is 0 Å². The molecule has 0 aliphatic heterocycles. The van der Waals surface area contributed by atoms with Crippen LogP contribution in [0, 0.1) is 0 Å². The van der Waals surface area contributed by atoms with E-state index < -0.39 is 0 Å². The number of aryl methyl sites for hydroxylation is 1. The Hall–Kier alpha value is -2.60. The molecule has 2 amide bonds. The molecule has 6 heteroatoms. The molecule has 1 aromatic heterocycles. The van der Waals surface area contributed by atoms with Crippen LogP contribution < -0.4 is 16.2 Å². The highest BCUT2D eigenvalue weighted by atomic mass is 16.3. The molecule has 0 spiro atoms. The SMILES string of the molecule is O=C(NCCCCn1ccccc1=O)NCc1ccccc1CO. The van der Waals surface area contributed by atoms with Crippen LogP contribution in [0.25, 0.3) is 0 Å². The number of amides is 2. The lowest BCUT2D eigenvalue weighted by Gasteiger charge is -2.10. The van der Waals surface area contributed by atoms with E-state index >= 15 is 0 Å². The van der Waals surface area contributed by atoms with Crippen LogP contribution in [0.2, 0.25) is 0 Å².